The summed E-state index contributed by atoms with van der Waals surface area (Å²) >= 11 is 0. The van der Waals surface area contributed by atoms with Gasteiger partial charge in [0.1, 0.15) is 11.5 Å². The Hall–Kier alpha value is -1.75. The first-order chi connectivity index (χ1) is 8.86. The molecule has 0 fully saturated rings. The fourth-order valence-corrected chi connectivity index (χ4v) is 1.84. The number of furan rings is 1. The molecule has 0 aliphatic carbocycles. The first-order valence-corrected chi connectivity index (χ1v) is 5.84. The fraction of sp³-hybridized carbons (Fsp3) is 0.286. The summed E-state index contributed by atoms with van der Waals surface area (Å²) in [5.74, 6) is 1.40. The van der Waals surface area contributed by atoms with Crippen molar-refractivity contribution in [3.63, 3.8) is 0 Å². The van der Waals surface area contributed by atoms with Crippen LogP contribution in [0, 0.1) is 6.92 Å². The number of alkyl halides is 3. The van der Waals surface area contributed by atoms with Crippen molar-refractivity contribution in [1.29, 1.82) is 0 Å². The van der Waals surface area contributed by atoms with Crippen LogP contribution in [0.25, 0.3) is 0 Å². The summed E-state index contributed by atoms with van der Waals surface area (Å²) < 4.78 is 42.6. The van der Waals surface area contributed by atoms with Gasteiger partial charge < -0.3 is 10.2 Å². The van der Waals surface area contributed by atoms with Crippen molar-refractivity contribution in [2.75, 3.05) is 0 Å². The van der Waals surface area contributed by atoms with Crippen molar-refractivity contribution >= 4 is 0 Å². The summed E-state index contributed by atoms with van der Waals surface area (Å²) in [4.78, 5) is 0. The zero-order chi connectivity index (χ0) is 14.0. The lowest BCUT2D eigenvalue weighted by Crippen LogP contribution is -2.12. The molecule has 1 unspecified atom stereocenters. The van der Waals surface area contributed by atoms with Crippen molar-refractivity contribution in [1.82, 2.24) is 0 Å². The smallest absolute Gasteiger partial charge is 0.416 e. The molecule has 0 radical (unpaired) electrons. The Labute approximate surface area is 109 Å². The van der Waals surface area contributed by atoms with E-state index in [0.29, 0.717) is 12.2 Å². The molecule has 0 aliphatic heterocycles. The maximum absolute atomic E-state index is 12.4. The zero-order valence-corrected chi connectivity index (χ0v) is 10.4. The quantitative estimate of drug-likeness (QED) is 0.919. The monoisotopic (exact) mass is 269 g/mol. The summed E-state index contributed by atoms with van der Waals surface area (Å²) in [6.07, 6.45) is -3.87. The topological polar surface area (TPSA) is 39.2 Å². The molecule has 0 bridgehead atoms. The molecular formula is C14H14F3NO. The van der Waals surface area contributed by atoms with Crippen molar-refractivity contribution in [2.24, 2.45) is 5.73 Å². The average Bonchev–Trinajstić information content (AvgIpc) is 2.75. The van der Waals surface area contributed by atoms with Gasteiger partial charge >= 0.3 is 6.18 Å². The van der Waals surface area contributed by atoms with Gasteiger partial charge in [0.05, 0.1) is 11.6 Å². The van der Waals surface area contributed by atoms with E-state index in [-0.39, 0.29) is 6.04 Å². The minimum absolute atomic E-state index is 0.356. The maximum Gasteiger partial charge on any atom is 0.416 e. The van der Waals surface area contributed by atoms with E-state index in [0.717, 1.165) is 23.5 Å². The summed E-state index contributed by atoms with van der Waals surface area (Å²) in [6, 6.07) is 8.25. The van der Waals surface area contributed by atoms with E-state index in [1.54, 1.807) is 6.07 Å². The zero-order valence-electron chi connectivity index (χ0n) is 10.4. The van der Waals surface area contributed by atoms with Gasteiger partial charge in [-0.05, 0) is 43.2 Å². The lowest BCUT2D eigenvalue weighted by atomic mass is 10.0. The van der Waals surface area contributed by atoms with Crippen LogP contribution in [0.1, 0.15) is 28.7 Å². The van der Waals surface area contributed by atoms with E-state index in [1.807, 2.05) is 13.0 Å². The molecule has 0 aliphatic rings. The van der Waals surface area contributed by atoms with Gasteiger partial charge in [0.25, 0.3) is 0 Å². The van der Waals surface area contributed by atoms with E-state index < -0.39 is 11.7 Å². The molecule has 1 atom stereocenters. The highest BCUT2D eigenvalue weighted by Gasteiger charge is 2.29. The number of hydrogen-bond acceptors (Lipinski definition) is 2. The van der Waals surface area contributed by atoms with E-state index in [1.165, 1.54) is 12.1 Å². The van der Waals surface area contributed by atoms with E-state index in [9.17, 15) is 13.2 Å². The predicted octanol–water partition coefficient (Wildman–Crippen LogP) is 3.85. The van der Waals surface area contributed by atoms with Gasteiger partial charge in [-0.25, -0.2) is 0 Å². The maximum atomic E-state index is 12.4. The van der Waals surface area contributed by atoms with Crippen molar-refractivity contribution in [2.45, 2.75) is 25.6 Å². The second-order valence-electron chi connectivity index (χ2n) is 4.45. The molecule has 5 heteroatoms. The summed E-state index contributed by atoms with van der Waals surface area (Å²) in [5.41, 5.74) is 6.04. The van der Waals surface area contributed by atoms with E-state index in [2.05, 4.69) is 0 Å². The molecule has 2 nitrogen and oxygen atoms in total. The minimum atomic E-state index is -4.31. The standard InChI is InChI=1S/C14H14F3NO/c1-9-2-7-13(19-9)12(18)8-10-3-5-11(6-4-10)14(15,16)17/h2-7,12H,8,18H2,1H3. The van der Waals surface area contributed by atoms with Crippen LogP contribution in [0.15, 0.2) is 40.8 Å². The third-order valence-corrected chi connectivity index (χ3v) is 2.86. The lowest BCUT2D eigenvalue weighted by molar-refractivity contribution is -0.137. The van der Waals surface area contributed by atoms with Gasteiger partial charge in [-0.1, -0.05) is 12.1 Å². The Bertz CT molecular complexity index is 543. The second-order valence-corrected chi connectivity index (χ2v) is 4.45. The molecule has 1 aromatic carbocycles. The molecule has 0 amide bonds. The molecule has 0 saturated carbocycles. The number of aryl methyl sites for hydroxylation is 1. The molecule has 102 valence electrons. The first-order valence-electron chi connectivity index (χ1n) is 5.84. The summed E-state index contributed by atoms with van der Waals surface area (Å²) in [5, 5.41) is 0. The van der Waals surface area contributed by atoms with Crippen LogP contribution in [0.2, 0.25) is 0 Å². The third-order valence-electron chi connectivity index (χ3n) is 2.86. The molecule has 1 heterocycles. The molecule has 2 N–H and O–H groups in total. The predicted molar refractivity (Wildman–Crippen MR) is 65.5 cm³/mol. The van der Waals surface area contributed by atoms with Gasteiger partial charge in [-0.2, -0.15) is 13.2 Å². The van der Waals surface area contributed by atoms with Crippen molar-refractivity contribution in [3.05, 3.63) is 59.0 Å². The van der Waals surface area contributed by atoms with Crippen LogP contribution in [-0.4, -0.2) is 0 Å². The molecule has 2 aromatic rings. The van der Waals surface area contributed by atoms with Gasteiger partial charge in [0.2, 0.25) is 0 Å². The summed E-state index contributed by atoms with van der Waals surface area (Å²) in [6.45, 7) is 1.81. The molecule has 2 rings (SSSR count). The van der Waals surface area contributed by atoms with Gasteiger partial charge in [0, 0.05) is 0 Å². The molecule has 19 heavy (non-hydrogen) atoms. The minimum Gasteiger partial charge on any atom is -0.465 e. The van der Waals surface area contributed by atoms with Crippen LogP contribution in [0.4, 0.5) is 13.2 Å². The van der Waals surface area contributed by atoms with Crippen LogP contribution in [0.5, 0.6) is 0 Å². The Kier molecular flexibility index (Phi) is 3.66. The van der Waals surface area contributed by atoms with Gasteiger partial charge in [-0.15, -0.1) is 0 Å². The van der Waals surface area contributed by atoms with Crippen LogP contribution >= 0.6 is 0 Å². The number of rotatable bonds is 3. The largest absolute Gasteiger partial charge is 0.465 e. The molecule has 0 saturated heterocycles. The lowest BCUT2D eigenvalue weighted by Gasteiger charge is -2.10. The van der Waals surface area contributed by atoms with Crippen LogP contribution in [-0.2, 0) is 12.6 Å². The summed E-state index contributed by atoms with van der Waals surface area (Å²) in [7, 11) is 0. The average molecular weight is 269 g/mol. The Balaban J connectivity index is 2.07. The highest BCUT2D eigenvalue weighted by Crippen LogP contribution is 2.29. The van der Waals surface area contributed by atoms with Crippen molar-refractivity contribution in [3.8, 4) is 0 Å². The van der Waals surface area contributed by atoms with Crippen LogP contribution < -0.4 is 5.73 Å². The molecular weight excluding hydrogens is 255 g/mol. The fourth-order valence-electron chi connectivity index (χ4n) is 1.84. The van der Waals surface area contributed by atoms with Gasteiger partial charge in [-0.3, -0.25) is 0 Å². The second kappa shape index (κ2) is 5.09. The first kappa shape index (κ1) is 13.7. The SMILES string of the molecule is Cc1ccc(C(N)Cc2ccc(C(F)(F)F)cc2)o1. The highest BCUT2D eigenvalue weighted by atomic mass is 19.4. The van der Waals surface area contributed by atoms with Gasteiger partial charge in [0.15, 0.2) is 0 Å². The number of nitrogens with two attached hydrogens (primary N) is 1. The Morgan fingerprint density at radius 3 is 2.21 bits per heavy atom. The highest BCUT2D eigenvalue weighted by molar-refractivity contribution is 5.26. The Morgan fingerprint density at radius 1 is 1.11 bits per heavy atom. The molecule has 0 spiro atoms. The normalized spacial score (nSPS) is 13.5. The van der Waals surface area contributed by atoms with Crippen LogP contribution in [0.3, 0.4) is 0 Å². The number of halogens is 3. The molecule has 1 aromatic heterocycles. The van der Waals surface area contributed by atoms with Crippen molar-refractivity contribution < 1.29 is 17.6 Å². The van der Waals surface area contributed by atoms with E-state index in [4.69, 9.17) is 10.2 Å². The Morgan fingerprint density at radius 2 is 1.74 bits per heavy atom. The number of benzene rings is 1. The van der Waals surface area contributed by atoms with E-state index >= 15 is 0 Å². The third kappa shape index (κ3) is 3.38. The number of hydrogen-bond donors (Lipinski definition) is 1.